The van der Waals surface area contributed by atoms with Crippen molar-refractivity contribution in [3.05, 3.63) is 42.2 Å². The van der Waals surface area contributed by atoms with Gasteiger partial charge in [0.1, 0.15) is 7.85 Å². The molecule has 0 fully saturated rings. The molecule has 0 spiro atoms. The highest BCUT2D eigenvalue weighted by Crippen LogP contribution is 2.11. The van der Waals surface area contributed by atoms with Gasteiger partial charge >= 0.3 is 0 Å². The minimum absolute atomic E-state index is 0.788. The Morgan fingerprint density at radius 1 is 1.00 bits per heavy atom. The van der Waals surface area contributed by atoms with E-state index in [-0.39, 0.29) is 0 Å². The number of hydrogen-bond acceptors (Lipinski definition) is 2. The molecular formula is C11H11BN2. The van der Waals surface area contributed by atoms with Crippen molar-refractivity contribution >= 4 is 13.3 Å². The van der Waals surface area contributed by atoms with Crippen molar-refractivity contribution in [1.29, 1.82) is 0 Å². The summed E-state index contributed by atoms with van der Waals surface area (Å²) in [5.74, 6) is 0.788. The van der Waals surface area contributed by atoms with Crippen molar-refractivity contribution in [1.82, 2.24) is 9.97 Å². The highest BCUT2D eigenvalue weighted by atomic mass is 14.9. The van der Waals surface area contributed by atoms with E-state index in [1.165, 1.54) is 5.46 Å². The maximum atomic E-state index is 4.27. The molecule has 0 saturated heterocycles. The molecule has 2 rings (SSSR count). The molecule has 2 aromatic rings. The Morgan fingerprint density at radius 2 is 1.57 bits per heavy atom. The number of rotatable bonds is 1. The molecule has 0 aliphatic heterocycles. The molecule has 2 nitrogen and oxygen atoms in total. The summed E-state index contributed by atoms with van der Waals surface area (Å²) in [7, 11) is 2.07. The average molecular weight is 182 g/mol. The van der Waals surface area contributed by atoms with Crippen LogP contribution in [0, 0.1) is 6.92 Å². The molecule has 0 N–H and O–H groups in total. The van der Waals surface area contributed by atoms with E-state index >= 15 is 0 Å². The lowest BCUT2D eigenvalue weighted by Crippen LogP contribution is -2.00. The van der Waals surface area contributed by atoms with Gasteiger partial charge in [-0.25, -0.2) is 9.97 Å². The zero-order valence-corrected chi connectivity index (χ0v) is 8.36. The van der Waals surface area contributed by atoms with Crippen LogP contribution in [-0.2, 0) is 0 Å². The molecule has 14 heavy (non-hydrogen) atoms. The fourth-order valence-corrected chi connectivity index (χ4v) is 1.24. The fourth-order valence-electron chi connectivity index (χ4n) is 1.24. The summed E-state index contributed by atoms with van der Waals surface area (Å²) in [6, 6.07) is 8.22. The molecule has 0 aliphatic rings. The first kappa shape index (κ1) is 8.94. The van der Waals surface area contributed by atoms with Crippen LogP contribution in [0.1, 0.15) is 5.56 Å². The third-order valence-electron chi connectivity index (χ3n) is 2.09. The smallest absolute Gasteiger partial charge is 0.159 e. The molecule has 0 atom stereocenters. The van der Waals surface area contributed by atoms with Crippen LogP contribution in [0.3, 0.4) is 0 Å². The Hall–Kier alpha value is -1.64. The Labute approximate surface area is 84.4 Å². The molecule has 1 aromatic heterocycles. The van der Waals surface area contributed by atoms with Crippen LogP contribution in [0.4, 0.5) is 0 Å². The lowest BCUT2D eigenvalue weighted by molar-refractivity contribution is 1.14. The van der Waals surface area contributed by atoms with Gasteiger partial charge in [-0.05, 0) is 12.5 Å². The molecule has 0 amide bonds. The van der Waals surface area contributed by atoms with Crippen LogP contribution in [0.25, 0.3) is 11.4 Å². The fraction of sp³-hybridized carbons (Fsp3) is 0.0909. The van der Waals surface area contributed by atoms with Crippen LogP contribution in [-0.4, -0.2) is 17.8 Å². The largest absolute Gasteiger partial charge is 0.236 e. The van der Waals surface area contributed by atoms with Gasteiger partial charge in [0.25, 0.3) is 0 Å². The molecule has 0 saturated carbocycles. The van der Waals surface area contributed by atoms with Crippen molar-refractivity contribution in [2.45, 2.75) is 6.92 Å². The summed E-state index contributed by atoms with van der Waals surface area (Å²) >= 11 is 0. The van der Waals surface area contributed by atoms with E-state index in [4.69, 9.17) is 0 Å². The van der Waals surface area contributed by atoms with Crippen LogP contribution in [0.15, 0.2) is 36.7 Å². The Balaban J connectivity index is 2.40. The van der Waals surface area contributed by atoms with Gasteiger partial charge in [-0.1, -0.05) is 29.7 Å². The number of aromatic nitrogens is 2. The summed E-state index contributed by atoms with van der Waals surface area (Å²) in [6.07, 6.45) is 3.67. The predicted octanol–water partition coefficient (Wildman–Crippen LogP) is 0.710. The zero-order chi connectivity index (χ0) is 9.97. The van der Waals surface area contributed by atoms with E-state index in [2.05, 4.69) is 29.9 Å². The molecular weight excluding hydrogens is 171 g/mol. The first-order valence-electron chi connectivity index (χ1n) is 4.61. The van der Waals surface area contributed by atoms with Gasteiger partial charge in [-0.3, -0.25) is 0 Å². The van der Waals surface area contributed by atoms with E-state index in [1.54, 1.807) is 0 Å². The summed E-state index contributed by atoms with van der Waals surface area (Å²) in [5.41, 5.74) is 3.40. The first-order valence-corrected chi connectivity index (χ1v) is 4.61. The SMILES string of the molecule is Bc1ccc(-c2ncc(C)cn2)cc1. The molecule has 1 aromatic carbocycles. The predicted molar refractivity (Wildman–Crippen MR) is 60.4 cm³/mol. The van der Waals surface area contributed by atoms with Crippen molar-refractivity contribution in [3.8, 4) is 11.4 Å². The molecule has 3 heteroatoms. The Kier molecular flexibility index (Phi) is 2.31. The van der Waals surface area contributed by atoms with E-state index in [0.29, 0.717) is 0 Å². The van der Waals surface area contributed by atoms with Crippen LogP contribution < -0.4 is 5.46 Å². The van der Waals surface area contributed by atoms with Crippen molar-refractivity contribution in [2.75, 3.05) is 0 Å². The van der Waals surface area contributed by atoms with Gasteiger partial charge < -0.3 is 0 Å². The summed E-state index contributed by atoms with van der Waals surface area (Å²) in [5, 5.41) is 0. The number of benzene rings is 1. The van der Waals surface area contributed by atoms with Gasteiger partial charge in [0, 0.05) is 18.0 Å². The molecule has 0 bridgehead atoms. The lowest BCUT2D eigenvalue weighted by atomic mass is 9.95. The van der Waals surface area contributed by atoms with Crippen LogP contribution in [0.5, 0.6) is 0 Å². The zero-order valence-electron chi connectivity index (χ0n) is 8.36. The van der Waals surface area contributed by atoms with E-state index in [9.17, 15) is 0 Å². The van der Waals surface area contributed by atoms with Crippen molar-refractivity contribution < 1.29 is 0 Å². The summed E-state index contributed by atoms with van der Waals surface area (Å²) in [6.45, 7) is 1.99. The maximum absolute atomic E-state index is 4.27. The number of nitrogens with zero attached hydrogens (tertiary/aromatic N) is 2. The van der Waals surface area contributed by atoms with Gasteiger partial charge in [0.15, 0.2) is 5.82 Å². The second-order valence-electron chi connectivity index (χ2n) is 3.45. The van der Waals surface area contributed by atoms with E-state index in [0.717, 1.165) is 17.0 Å². The second kappa shape index (κ2) is 3.62. The Morgan fingerprint density at radius 3 is 2.14 bits per heavy atom. The average Bonchev–Trinajstić information content (AvgIpc) is 2.21. The third-order valence-corrected chi connectivity index (χ3v) is 2.09. The normalized spacial score (nSPS) is 10.1. The number of aryl methyl sites for hydroxylation is 1. The van der Waals surface area contributed by atoms with Gasteiger partial charge in [0.05, 0.1) is 0 Å². The first-order chi connectivity index (χ1) is 6.75. The second-order valence-corrected chi connectivity index (χ2v) is 3.45. The van der Waals surface area contributed by atoms with Gasteiger partial charge in [-0.15, -0.1) is 0 Å². The highest BCUT2D eigenvalue weighted by molar-refractivity contribution is 6.32. The van der Waals surface area contributed by atoms with E-state index < -0.39 is 0 Å². The molecule has 68 valence electrons. The van der Waals surface area contributed by atoms with Gasteiger partial charge in [-0.2, -0.15) is 0 Å². The molecule has 1 heterocycles. The van der Waals surface area contributed by atoms with Crippen LogP contribution in [0.2, 0.25) is 0 Å². The topological polar surface area (TPSA) is 25.8 Å². The Bertz CT molecular complexity index is 377. The standard InChI is InChI=1S/C11H11BN2/c1-8-6-13-11(14-7-8)9-2-4-10(12)5-3-9/h2-7H,12H2,1H3. The minimum atomic E-state index is 0.788. The maximum Gasteiger partial charge on any atom is 0.159 e. The quantitative estimate of drug-likeness (QED) is 0.607. The monoisotopic (exact) mass is 182 g/mol. The van der Waals surface area contributed by atoms with Crippen molar-refractivity contribution in [3.63, 3.8) is 0 Å². The summed E-state index contributed by atoms with van der Waals surface area (Å²) in [4.78, 5) is 8.53. The molecule has 0 aliphatic carbocycles. The number of hydrogen-bond donors (Lipinski definition) is 0. The van der Waals surface area contributed by atoms with Crippen LogP contribution >= 0.6 is 0 Å². The third kappa shape index (κ3) is 1.82. The van der Waals surface area contributed by atoms with Gasteiger partial charge in [0.2, 0.25) is 0 Å². The van der Waals surface area contributed by atoms with Crippen molar-refractivity contribution in [2.24, 2.45) is 0 Å². The minimum Gasteiger partial charge on any atom is -0.236 e. The van der Waals surface area contributed by atoms with E-state index in [1.807, 2.05) is 31.5 Å². The highest BCUT2D eigenvalue weighted by Gasteiger charge is 1.98. The summed E-state index contributed by atoms with van der Waals surface area (Å²) < 4.78 is 0. The lowest BCUT2D eigenvalue weighted by Gasteiger charge is -2.00. The molecule has 0 unspecified atom stereocenters. The molecule has 0 radical (unpaired) electrons.